The fourth-order valence-electron chi connectivity index (χ4n) is 2.30. The van der Waals surface area contributed by atoms with Crippen LogP contribution in [0, 0.1) is 13.8 Å². The number of aromatic nitrogens is 1. The van der Waals surface area contributed by atoms with Gasteiger partial charge in [-0.3, -0.25) is 4.99 Å². The van der Waals surface area contributed by atoms with Crippen LogP contribution in [0.15, 0.2) is 33.7 Å². The summed E-state index contributed by atoms with van der Waals surface area (Å²) in [6, 6.07) is 8.02. The average molecular weight is 487 g/mol. The van der Waals surface area contributed by atoms with Gasteiger partial charge in [0.15, 0.2) is 5.96 Å². The second kappa shape index (κ2) is 11.8. The monoisotopic (exact) mass is 487 g/mol. The normalized spacial score (nSPS) is 11.3. The van der Waals surface area contributed by atoms with Crippen molar-refractivity contribution in [3.8, 4) is 5.75 Å². The van der Waals surface area contributed by atoms with Gasteiger partial charge in [-0.2, -0.15) is 0 Å². The van der Waals surface area contributed by atoms with Crippen LogP contribution >= 0.6 is 24.0 Å². The zero-order valence-electron chi connectivity index (χ0n) is 16.7. The molecule has 0 amide bonds. The first-order valence-electron chi connectivity index (χ1n) is 8.72. The Kier molecular flexibility index (Phi) is 10.2. The molecule has 0 radical (unpaired) electrons. The maximum atomic E-state index is 5.89. The quantitative estimate of drug-likeness (QED) is 0.339. The van der Waals surface area contributed by atoms with E-state index in [4.69, 9.17) is 9.15 Å². The second-order valence-corrected chi connectivity index (χ2v) is 6.29. The summed E-state index contributed by atoms with van der Waals surface area (Å²) in [6.07, 6.45) is 0. The van der Waals surface area contributed by atoms with E-state index in [1.165, 1.54) is 0 Å². The van der Waals surface area contributed by atoms with Gasteiger partial charge in [-0.05, 0) is 34.0 Å². The van der Waals surface area contributed by atoms with Crippen LogP contribution in [0.4, 0.5) is 0 Å². The van der Waals surface area contributed by atoms with Gasteiger partial charge in [-0.1, -0.05) is 18.2 Å². The first kappa shape index (κ1) is 23.2. The predicted octanol–water partition coefficient (Wildman–Crippen LogP) is 2.72. The smallest absolute Gasteiger partial charge is 0.214 e. The Bertz CT molecular complexity index is 711. The molecule has 27 heavy (non-hydrogen) atoms. The van der Waals surface area contributed by atoms with Gasteiger partial charge < -0.3 is 24.7 Å². The topological polar surface area (TPSA) is 74.9 Å². The van der Waals surface area contributed by atoms with E-state index in [9.17, 15) is 0 Å². The standard InChI is InChI=1S/C19H29N5O2.HI/c1-14-15(2)26-18(23-14)13-22-19(20-3)21-12-16-8-6-7-9-17(16)25-11-10-24(4)5;/h6-9H,10-13H2,1-5H3,(H2,20,21,22);1H. The molecule has 0 spiro atoms. The molecule has 0 saturated carbocycles. The van der Waals surface area contributed by atoms with E-state index >= 15 is 0 Å². The van der Waals surface area contributed by atoms with Crippen molar-refractivity contribution in [2.24, 2.45) is 4.99 Å². The lowest BCUT2D eigenvalue weighted by Crippen LogP contribution is -2.36. The van der Waals surface area contributed by atoms with Gasteiger partial charge in [-0.25, -0.2) is 4.98 Å². The van der Waals surface area contributed by atoms with Crippen LogP contribution in [-0.2, 0) is 13.1 Å². The Balaban J connectivity index is 0.00000364. The molecule has 0 atom stereocenters. The highest BCUT2D eigenvalue weighted by Gasteiger charge is 2.08. The number of para-hydroxylation sites is 1. The molecule has 2 rings (SSSR count). The lowest BCUT2D eigenvalue weighted by Gasteiger charge is -2.15. The van der Waals surface area contributed by atoms with E-state index in [1.54, 1.807) is 7.05 Å². The minimum absolute atomic E-state index is 0. The van der Waals surface area contributed by atoms with Crippen LogP contribution in [-0.4, -0.2) is 50.1 Å². The number of hydrogen-bond acceptors (Lipinski definition) is 5. The van der Waals surface area contributed by atoms with E-state index in [0.29, 0.717) is 31.5 Å². The summed E-state index contributed by atoms with van der Waals surface area (Å²) in [7, 11) is 5.80. The number of likely N-dealkylation sites (N-methyl/N-ethyl adjacent to an activating group) is 1. The van der Waals surface area contributed by atoms with Gasteiger partial charge in [0.05, 0.1) is 12.2 Å². The molecule has 1 heterocycles. The summed E-state index contributed by atoms with van der Waals surface area (Å²) in [4.78, 5) is 10.7. The van der Waals surface area contributed by atoms with Crippen molar-refractivity contribution >= 4 is 29.9 Å². The molecule has 1 aromatic heterocycles. The molecule has 2 aromatic rings. The zero-order chi connectivity index (χ0) is 18.9. The van der Waals surface area contributed by atoms with E-state index in [2.05, 4.69) is 25.5 Å². The molecule has 0 aliphatic carbocycles. The van der Waals surface area contributed by atoms with Crippen LogP contribution in [0.3, 0.4) is 0 Å². The Morgan fingerprint density at radius 3 is 2.52 bits per heavy atom. The van der Waals surface area contributed by atoms with Gasteiger partial charge in [0, 0.05) is 25.7 Å². The molecule has 150 valence electrons. The number of guanidine groups is 1. The minimum Gasteiger partial charge on any atom is -0.492 e. The van der Waals surface area contributed by atoms with Gasteiger partial charge in [0.25, 0.3) is 0 Å². The third-order valence-corrected chi connectivity index (χ3v) is 3.92. The number of benzene rings is 1. The number of aryl methyl sites for hydroxylation is 2. The lowest BCUT2D eigenvalue weighted by atomic mass is 10.2. The highest BCUT2D eigenvalue weighted by atomic mass is 127. The Morgan fingerprint density at radius 2 is 1.89 bits per heavy atom. The Labute approximate surface area is 178 Å². The van der Waals surface area contributed by atoms with Crippen molar-refractivity contribution in [3.63, 3.8) is 0 Å². The summed E-state index contributed by atoms with van der Waals surface area (Å²) >= 11 is 0. The number of ether oxygens (including phenoxy) is 1. The third kappa shape index (κ3) is 7.76. The van der Waals surface area contributed by atoms with Crippen molar-refractivity contribution in [1.82, 2.24) is 20.5 Å². The van der Waals surface area contributed by atoms with Crippen molar-refractivity contribution < 1.29 is 9.15 Å². The number of rotatable bonds is 8. The van der Waals surface area contributed by atoms with Crippen molar-refractivity contribution in [2.75, 3.05) is 34.3 Å². The van der Waals surface area contributed by atoms with Gasteiger partial charge in [0.1, 0.15) is 18.1 Å². The molecule has 0 unspecified atom stereocenters. The molecule has 0 fully saturated rings. The zero-order valence-corrected chi connectivity index (χ0v) is 19.0. The van der Waals surface area contributed by atoms with Crippen LogP contribution in [0.25, 0.3) is 0 Å². The summed E-state index contributed by atoms with van der Waals surface area (Å²) in [5.74, 6) is 3.06. The van der Waals surface area contributed by atoms with Crippen LogP contribution in [0.2, 0.25) is 0 Å². The molecule has 1 aromatic carbocycles. The molecule has 8 heteroatoms. The Hall–Kier alpha value is -1.81. The van der Waals surface area contributed by atoms with E-state index in [-0.39, 0.29) is 24.0 Å². The number of hydrogen-bond donors (Lipinski definition) is 2. The molecule has 0 aliphatic heterocycles. The molecular formula is C19H30IN5O2. The number of nitrogens with zero attached hydrogens (tertiary/aromatic N) is 3. The summed E-state index contributed by atoms with van der Waals surface area (Å²) < 4.78 is 11.5. The van der Waals surface area contributed by atoms with Crippen LogP contribution in [0.5, 0.6) is 5.75 Å². The van der Waals surface area contributed by atoms with E-state index in [1.807, 2.05) is 52.2 Å². The summed E-state index contributed by atoms with van der Waals surface area (Å²) in [5.41, 5.74) is 1.99. The SMILES string of the molecule is CN=C(NCc1nc(C)c(C)o1)NCc1ccccc1OCCN(C)C.I. The van der Waals surface area contributed by atoms with Crippen molar-refractivity contribution in [3.05, 3.63) is 47.2 Å². The average Bonchev–Trinajstić information content (AvgIpc) is 2.94. The number of oxazole rings is 1. The lowest BCUT2D eigenvalue weighted by molar-refractivity contribution is 0.259. The summed E-state index contributed by atoms with van der Waals surface area (Å²) in [5, 5.41) is 6.51. The Morgan fingerprint density at radius 1 is 1.19 bits per heavy atom. The third-order valence-electron chi connectivity index (χ3n) is 3.92. The van der Waals surface area contributed by atoms with E-state index in [0.717, 1.165) is 29.3 Å². The number of halogens is 1. The molecule has 0 bridgehead atoms. The fourth-order valence-corrected chi connectivity index (χ4v) is 2.30. The number of nitrogens with one attached hydrogen (secondary N) is 2. The predicted molar refractivity (Wildman–Crippen MR) is 119 cm³/mol. The first-order chi connectivity index (χ1) is 12.5. The minimum atomic E-state index is 0. The molecule has 2 N–H and O–H groups in total. The maximum Gasteiger partial charge on any atom is 0.214 e. The molecule has 0 aliphatic rings. The van der Waals surface area contributed by atoms with E-state index < -0.39 is 0 Å². The van der Waals surface area contributed by atoms with Crippen LogP contribution in [0.1, 0.15) is 22.9 Å². The largest absolute Gasteiger partial charge is 0.492 e. The highest BCUT2D eigenvalue weighted by molar-refractivity contribution is 14.0. The van der Waals surface area contributed by atoms with Crippen LogP contribution < -0.4 is 15.4 Å². The van der Waals surface area contributed by atoms with Crippen molar-refractivity contribution in [1.29, 1.82) is 0 Å². The van der Waals surface area contributed by atoms with Gasteiger partial charge in [-0.15, -0.1) is 24.0 Å². The molecule has 0 saturated heterocycles. The fraction of sp³-hybridized carbons (Fsp3) is 0.474. The van der Waals surface area contributed by atoms with Gasteiger partial charge in [0.2, 0.25) is 5.89 Å². The van der Waals surface area contributed by atoms with Crippen molar-refractivity contribution in [2.45, 2.75) is 26.9 Å². The molecule has 7 nitrogen and oxygen atoms in total. The number of aliphatic imine (C=N–C) groups is 1. The molecular weight excluding hydrogens is 457 g/mol. The highest BCUT2D eigenvalue weighted by Crippen LogP contribution is 2.17. The first-order valence-corrected chi connectivity index (χ1v) is 8.72. The maximum absolute atomic E-state index is 5.89. The summed E-state index contributed by atoms with van der Waals surface area (Å²) in [6.45, 7) is 6.46. The second-order valence-electron chi connectivity index (χ2n) is 6.29. The van der Waals surface area contributed by atoms with Gasteiger partial charge >= 0.3 is 0 Å².